The minimum Gasteiger partial charge on any atom is -0.490 e. The van der Waals surface area contributed by atoms with Gasteiger partial charge in [0.15, 0.2) is 18.1 Å². The highest BCUT2D eigenvalue weighted by Gasteiger charge is 2.33. The molecule has 0 spiro atoms. The fourth-order valence-electron chi connectivity index (χ4n) is 2.12. The average Bonchev–Trinajstić information content (AvgIpc) is 2.88. The minimum absolute atomic E-state index is 0.245. The van der Waals surface area contributed by atoms with Crippen molar-refractivity contribution in [3.63, 3.8) is 0 Å². The van der Waals surface area contributed by atoms with Gasteiger partial charge in [0, 0.05) is 0 Å². The molecule has 10 heteroatoms. The fourth-order valence-corrected chi connectivity index (χ4v) is 3.38. The van der Waals surface area contributed by atoms with Crippen molar-refractivity contribution in [1.29, 1.82) is 0 Å². The summed E-state index contributed by atoms with van der Waals surface area (Å²) in [7, 11) is 1.24. The van der Waals surface area contributed by atoms with E-state index in [1.165, 1.54) is 12.0 Å². The lowest BCUT2D eigenvalue weighted by Crippen LogP contribution is -2.33. The molecule has 1 heterocycles. The Morgan fingerprint density at radius 2 is 2.04 bits per heavy atom. The molecule has 1 fully saturated rings. The number of thioether (sulfide) groups is 1. The monoisotopic (exact) mass is 411 g/mol. The molecule has 0 atom stereocenters. The summed E-state index contributed by atoms with van der Waals surface area (Å²) in [5.41, 5.74) is 0.639. The minimum atomic E-state index is -1.10. The maximum absolute atomic E-state index is 12.4. The molecule has 1 aromatic carbocycles. The van der Waals surface area contributed by atoms with E-state index in [2.05, 4.69) is 4.74 Å². The van der Waals surface area contributed by atoms with E-state index >= 15 is 0 Å². The number of hydrogen-bond acceptors (Lipinski definition) is 8. The number of carbonyl (C=O) groups excluding carboxylic acids is 2. The van der Waals surface area contributed by atoms with Gasteiger partial charge in [-0.1, -0.05) is 30.0 Å². The quantitative estimate of drug-likeness (QED) is 0.390. The summed E-state index contributed by atoms with van der Waals surface area (Å²) in [4.78, 5) is 36.1. The number of rotatable bonds is 8. The van der Waals surface area contributed by atoms with Gasteiger partial charge in [0.1, 0.15) is 10.9 Å². The molecule has 27 heavy (non-hydrogen) atoms. The highest BCUT2D eigenvalue weighted by molar-refractivity contribution is 8.26. The zero-order valence-corrected chi connectivity index (χ0v) is 16.2. The molecule has 1 aliphatic rings. The summed E-state index contributed by atoms with van der Waals surface area (Å²) in [5, 5.41) is 8.73. The first kappa shape index (κ1) is 20.7. The van der Waals surface area contributed by atoms with Crippen molar-refractivity contribution in [2.75, 3.05) is 26.9 Å². The number of thiocarbonyl (C=S) groups is 1. The van der Waals surface area contributed by atoms with E-state index in [1.54, 1.807) is 31.2 Å². The molecule has 1 N–H and O–H groups in total. The van der Waals surface area contributed by atoms with Gasteiger partial charge in [-0.2, -0.15) is 0 Å². The van der Waals surface area contributed by atoms with E-state index in [9.17, 15) is 14.4 Å². The Hall–Kier alpha value is -2.59. The number of amides is 1. The zero-order valence-electron chi connectivity index (χ0n) is 14.6. The van der Waals surface area contributed by atoms with E-state index in [1.807, 2.05) is 0 Å². The lowest BCUT2D eigenvalue weighted by Gasteiger charge is -2.12. The van der Waals surface area contributed by atoms with Crippen LogP contribution in [0.4, 0.5) is 0 Å². The second kappa shape index (κ2) is 9.38. The number of benzene rings is 1. The van der Waals surface area contributed by atoms with Crippen LogP contribution in [0.1, 0.15) is 12.5 Å². The van der Waals surface area contributed by atoms with Crippen molar-refractivity contribution >= 4 is 52.2 Å². The fraction of sp³-hybridized carbons (Fsp3) is 0.294. The Morgan fingerprint density at radius 1 is 1.30 bits per heavy atom. The van der Waals surface area contributed by atoms with Gasteiger partial charge in [0.05, 0.1) is 18.6 Å². The largest absolute Gasteiger partial charge is 0.490 e. The Labute approximate surface area is 165 Å². The van der Waals surface area contributed by atoms with Crippen LogP contribution in [0.3, 0.4) is 0 Å². The number of carbonyl (C=O) groups is 3. The number of esters is 1. The number of carboxylic acid groups (broad SMARTS) is 1. The van der Waals surface area contributed by atoms with Crippen LogP contribution in [0.5, 0.6) is 11.5 Å². The van der Waals surface area contributed by atoms with Crippen molar-refractivity contribution < 1.29 is 33.7 Å². The Morgan fingerprint density at radius 3 is 2.67 bits per heavy atom. The highest BCUT2D eigenvalue weighted by Crippen LogP contribution is 2.34. The molecule has 1 saturated heterocycles. The molecule has 0 bridgehead atoms. The molecule has 0 aliphatic carbocycles. The third kappa shape index (κ3) is 5.44. The summed E-state index contributed by atoms with van der Waals surface area (Å²) in [6, 6.07) is 4.86. The third-order valence-electron chi connectivity index (χ3n) is 3.30. The summed E-state index contributed by atoms with van der Waals surface area (Å²) in [6.07, 6.45) is 1.61. The third-order valence-corrected chi connectivity index (χ3v) is 4.68. The number of methoxy groups -OCH3 is 1. The summed E-state index contributed by atoms with van der Waals surface area (Å²) in [5.74, 6) is -1.41. The van der Waals surface area contributed by atoms with Crippen LogP contribution in [0.15, 0.2) is 23.1 Å². The van der Waals surface area contributed by atoms with Gasteiger partial charge in [-0.3, -0.25) is 14.5 Å². The first-order valence-electron chi connectivity index (χ1n) is 7.79. The molecular weight excluding hydrogens is 394 g/mol. The van der Waals surface area contributed by atoms with E-state index in [0.29, 0.717) is 22.8 Å². The van der Waals surface area contributed by atoms with Gasteiger partial charge in [-0.25, -0.2) is 4.79 Å². The predicted molar refractivity (Wildman–Crippen MR) is 103 cm³/mol. The van der Waals surface area contributed by atoms with Crippen LogP contribution in [-0.4, -0.2) is 59.0 Å². The van der Waals surface area contributed by atoms with Gasteiger partial charge in [0.25, 0.3) is 5.91 Å². The first-order valence-corrected chi connectivity index (χ1v) is 9.01. The molecule has 144 valence electrons. The van der Waals surface area contributed by atoms with Crippen LogP contribution < -0.4 is 9.47 Å². The maximum atomic E-state index is 12.4. The first-order chi connectivity index (χ1) is 12.8. The zero-order chi connectivity index (χ0) is 20.0. The van der Waals surface area contributed by atoms with E-state index < -0.39 is 18.5 Å². The second-order valence-corrected chi connectivity index (χ2v) is 6.84. The highest BCUT2D eigenvalue weighted by atomic mass is 32.2. The smallest absolute Gasteiger partial charge is 0.341 e. The molecular formula is C17H17NO7S2. The van der Waals surface area contributed by atoms with Crippen molar-refractivity contribution in [3.05, 3.63) is 28.7 Å². The van der Waals surface area contributed by atoms with Gasteiger partial charge in [-0.05, 0) is 30.7 Å². The number of ether oxygens (including phenoxy) is 3. The molecule has 0 radical (unpaired) electrons. The van der Waals surface area contributed by atoms with Crippen molar-refractivity contribution in [2.24, 2.45) is 0 Å². The lowest BCUT2D eigenvalue weighted by molar-refractivity contribution is -0.143. The molecule has 1 amide bonds. The number of aliphatic carboxylic acids is 1. The van der Waals surface area contributed by atoms with Crippen LogP contribution in [-0.2, 0) is 19.1 Å². The summed E-state index contributed by atoms with van der Waals surface area (Å²) < 4.78 is 15.5. The van der Waals surface area contributed by atoms with Crippen molar-refractivity contribution in [2.45, 2.75) is 6.92 Å². The van der Waals surface area contributed by atoms with E-state index in [4.69, 9.17) is 26.8 Å². The molecule has 0 unspecified atom stereocenters. The average molecular weight is 411 g/mol. The Kier molecular flexibility index (Phi) is 7.19. The molecule has 8 nitrogen and oxygen atoms in total. The van der Waals surface area contributed by atoms with Crippen LogP contribution >= 0.6 is 24.0 Å². The Bertz CT molecular complexity index is 806. The number of hydrogen-bond donors (Lipinski definition) is 1. The van der Waals surface area contributed by atoms with Gasteiger partial charge < -0.3 is 19.3 Å². The maximum Gasteiger partial charge on any atom is 0.341 e. The van der Waals surface area contributed by atoms with Crippen LogP contribution in [0.25, 0.3) is 6.08 Å². The molecule has 0 aromatic heterocycles. The molecule has 1 aromatic rings. The normalized spacial score (nSPS) is 15.2. The second-order valence-electron chi connectivity index (χ2n) is 5.17. The summed E-state index contributed by atoms with van der Waals surface area (Å²) in [6.45, 7) is 1.40. The van der Waals surface area contributed by atoms with E-state index in [0.717, 1.165) is 11.8 Å². The predicted octanol–water partition coefficient (Wildman–Crippen LogP) is 1.92. The van der Waals surface area contributed by atoms with E-state index in [-0.39, 0.29) is 22.5 Å². The number of carboxylic acids is 1. The van der Waals surface area contributed by atoms with Crippen LogP contribution in [0.2, 0.25) is 0 Å². The molecule has 2 rings (SSSR count). The molecule has 1 aliphatic heterocycles. The van der Waals surface area contributed by atoms with Crippen LogP contribution in [0, 0.1) is 0 Å². The SMILES string of the molecule is CCOc1cc(/C=C2\SC(=S)N(CC(=O)OC)C2=O)ccc1OCC(=O)O. The van der Waals surface area contributed by atoms with Gasteiger partial charge in [0.2, 0.25) is 0 Å². The number of nitrogens with zero attached hydrogens (tertiary/aromatic N) is 1. The Balaban J connectivity index is 2.23. The standard InChI is InChI=1S/C17H17NO7S2/c1-3-24-12-6-10(4-5-11(12)25-9-14(19)20)7-13-16(22)18(17(26)27-13)8-15(21)23-2/h4-7H,3,8-9H2,1-2H3,(H,19,20)/b13-7-. The lowest BCUT2D eigenvalue weighted by atomic mass is 10.2. The topological polar surface area (TPSA) is 102 Å². The molecule has 0 saturated carbocycles. The summed E-state index contributed by atoms with van der Waals surface area (Å²) >= 11 is 6.22. The van der Waals surface area contributed by atoms with Crippen molar-refractivity contribution in [3.8, 4) is 11.5 Å². The van der Waals surface area contributed by atoms with Gasteiger partial charge >= 0.3 is 11.9 Å². The van der Waals surface area contributed by atoms with Crippen molar-refractivity contribution in [1.82, 2.24) is 4.90 Å². The van der Waals surface area contributed by atoms with Gasteiger partial charge in [-0.15, -0.1) is 0 Å².